The Morgan fingerprint density at radius 1 is 1.25 bits per heavy atom. The molecule has 0 fully saturated rings. The molecule has 0 radical (unpaired) electrons. The fourth-order valence-electron chi connectivity index (χ4n) is 1.80. The van der Waals surface area contributed by atoms with Crippen LogP contribution in [-0.4, -0.2) is 29.3 Å². The molecular weight excluding hydrogens is 263 g/mol. The van der Waals surface area contributed by atoms with Crippen molar-refractivity contribution >= 4 is 0 Å². The van der Waals surface area contributed by atoms with E-state index in [4.69, 9.17) is 9.47 Å². The van der Waals surface area contributed by atoms with Crippen LogP contribution in [0.1, 0.15) is 22.9 Å². The molecule has 2 aromatic rings. The number of ether oxygens (including phenoxy) is 2. The van der Waals surface area contributed by atoms with Crippen molar-refractivity contribution in [2.75, 3.05) is 14.2 Å². The van der Waals surface area contributed by atoms with Crippen LogP contribution in [-0.2, 0) is 0 Å². The smallest absolute Gasteiger partial charge is 0.241 e. The lowest BCUT2D eigenvalue weighted by atomic mass is 10.0. The van der Waals surface area contributed by atoms with Gasteiger partial charge in [-0.3, -0.25) is 0 Å². The van der Waals surface area contributed by atoms with Crippen LogP contribution in [0, 0.1) is 12.7 Å². The molecule has 2 rings (SSSR count). The van der Waals surface area contributed by atoms with E-state index >= 15 is 0 Å². The van der Waals surface area contributed by atoms with E-state index in [0.29, 0.717) is 11.1 Å². The number of rotatable bonds is 4. The van der Waals surface area contributed by atoms with Crippen molar-refractivity contribution < 1.29 is 19.0 Å². The summed E-state index contributed by atoms with van der Waals surface area (Å²) in [6, 6.07) is 4.36. The Kier molecular flexibility index (Phi) is 4.14. The molecule has 6 heteroatoms. The summed E-state index contributed by atoms with van der Waals surface area (Å²) < 4.78 is 23.3. The zero-order valence-corrected chi connectivity index (χ0v) is 11.4. The van der Waals surface area contributed by atoms with Gasteiger partial charge in [0, 0.05) is 0 Å². The van der Waals surface area contributed by atoms with E-state index in [1.807, 2.05) is 0 Å². The summed E-state index contributed by atoms with van der Waals surface area (Å²) >= 11 is 0. The number of benzene rings is 1. The van der Waals surface area contributed by atoms with Crippen molar-refractivity contribution in [1.29, 1.82) is 0 Å². The average molecular weight is 278 g/mol. The van der Waals surface area contributed by atoms with Crippen LogP contribution in [0.4, 0.5) is 4.39 Å². The zero-order chi connectivity index (χ0) is 14.7. The first-order chi connectivity index (χ1) is 9.56. The topological polar surface area (TPSA) is 64.5 Å². The van der Waals surface area contributed by atoms with Gasteiger partial charge in [0.25, 0.3) is 0 Å². The van der Waals surface area contributed by atoms with Crippen LogP contribution in [0.5, 0.6) is 11.8 Å². The minimum absolute atomic E-state index is 0.166. The van der Waals surface area contributed by atoms with Gasteiger partial charge in [0.15, 0.2) is 0 Å². The van der Waals surface area contributed by atoms with Crippen molar-refractivity contribution in [3.05, 3.63) is 47.0 Å². The van der Waals surface area contributed by atoms with E-state index in [-0.39, 0.29) is 23.3 Å². The minimum atomic E-state index is -1.05. The van der Waals surface area contributed by atoms with Gasteiger partial charge in [-0.1, -0.05) is 12.1 Å². The van der Waals surface area contributed by atoms with E-state index in [9.17, 15) is 9.50 Å². The molecular formula is C14H15FN2O3. The lowest BCUT2D eigenvalue weighted by molar-refractivity contribution is 0.206. The van der Waals surface area contributed by atoms with Gasteiger partial charge >= 0.3 is 0 Å². The van der Waals surface area contributed by atoms with E-state index in [2.05, 4.69) is 9.97 Å². The third-order valence-electron chi connectivity index (χ3n) is 2.90. The summed E-state index contributed by atoms with van der Waals surface area (Å²) in [6.45, 7) is 1.63. The maximum Gasteiger partial charge on any atom is 0.241 e. The summed E-state index contributed by atoms with van der Waals surface area (Å²) in [5.74, 6) is 0.126. The summed E-state index contributed by atoms with van der Waals surface area (Å²) in [4.78, 5) is 8.15. The molecule has 20 heavy (non-hydrogen) atoms. The van der Waals surface area contributed by atoms with Gasteiger partial charge in [-0.15, -0.1) is 0 Å². The Hall–Kier alpha value is -2.21. The van der Waals surface area contributed by atoms with Gasteiger partial charge in [-0.05, 0) is 24.1 Å². The molecule has 0 bridgehead atoms. The minimum Gasteiger partial charge on any atom is -0.480 e. The number of hydrogen-bond donors (Lipinski definition) is 1. The van der Waals surface area contributed by atoms with E-state index in [1.165, 1.54) is 32.5 Å². The second-order valence-electron chi connectivity index (χ2n) is 4.22. The first-order valence-electron chi connectivity index (χ1n) is 5.96. The predicted molar refractivity (Wildman–Crippen MR) is 70.3 cm³/mol. The second kappa shape index (κ2) is 5.83. The van der Waals surface area contributed by atoms with Gasteiger partial charge in [-0.25, -0.2) is 9.37 Å². The van der Waals surface area contributed by atoms with E-state index in [1.54, 1.807) is 13.0 Å². The summed E-state index contributed by atoms with van der Waals surface area (Å²) in [7, 11) is 2.89. The lowest BCUT2D eigenvalue weighted by Crippen LogP contribution is -2.07. The van der Waals surface area contributed by atoms with Crippen LogP contribution in [0.15, 0.2) is 24.4 Å². The van der Waals surface area contributed by atoms with Gasteiger partial charge < -0.3 is 14.6 Å². The quantitative estimate of drug-likeness (QED) is 0.927. The number of aryl methyl sites for hydroxylation is 1. The highest BCUT2D eigenvalue weighted by Gasteiger charge is 2.20. The third kappa shape index (κ3) is 2.70. The number of methoxy groups -OCH3 is 2. The van der Waals surface area contributed by atoms with Crippen molar-refractivity contribution in [3.8, 4) is 11.8 Å². The molecule has 1 atom stereocenters. The Labute approximate surface area is 116 Å². The number of hydrogen-bond acceptors (Lipinski definition) is 5. The fraction of sp³-hybridized carbons (Fsp3) is 0.286. The van der Waals surface area contributed by atoms with Crippen LogP contribution in [0.25, 0.3) is 0 Å². The second-order valence-corrected chi connectivity index (χ2v) is 4.22. The first kappa shape index (κ1) is 14.2. The van der Waals surface area contributed by atoms with Crippen LogP contribution >= 0.6 is 0 Å². The SMILES string of the molecule is COc1cnc(C(O)c2ccc(F)c(C)c2)c(OC)n1. The zero-order valence-electron chi connectivity index (χ0n) is 11.4. The molecule has 0 aliphatic heterocycles. The lowest BCUT2D eigenvalue weighted by Gasteiger charge is -2.14. The molecule has 1 unspecified atom stereocenters. The molecule has 0 aliphatic carbocycles. The van der Waals surface area contributed by atoms with Gasteiger partial charge in [0.05, 0.1) is 20.4 Å². The molecule has 1 aromatic carbocycles. The maximum absolute atomic E-state index is 13.3. The van der Waals surface area contributed by atoms with Crippen LogP contribution in [0.2, 0.25) is 0 Å². The van der Waals surface area contributed by atoms with Gasteiger partial charge in [0.2, 0.25) is 11.8 Å². The van der Waals surface area contributed by atoms with E-state index < -0.39 is 6.10 Å². The van der Waals surface area contributed by atoms with Crippen LogP contribution < -0.4 is 9.47 Å². The molecule has 0 saturated carbocycles. The van der Waals surface area contributed by atoms with Crippen molar-refractivity contribution in [2.24, 2.45) is 0 Å². The molecule has 0 spiro atoms. The number of aromatic nitrogens is 2. The number of aliphatic hydroxyl groups is 1. The fourth-order valence-corrected chi connectivity index (χ4v) is 1.80. The monoisotopic (exact) mass is 278 g/mol. The molecule has 0 aliphatic rings. The highest BCUT2D eigenvalue weighted by atomic mass is 19.1. The van der Waals surface area contributed by atoms with Crippen molar-refractivity contribution in [1.82, 2.24) is 9.97 Å². The number of aliphatic hydroxyl groups excluding tert-OH is 1. The maximum atomic E-state index is 13.3. The first-order valence-corrected chi connectivity index (χ1v) is 5.96. The molecule has 1 N–H and O–H groups in total. The summed E-state index contributed by atoms with van der Waals surface area (Å²) in [6.07, 6.45) is 0.333. The molecule has 0 saturated heterocycles. The van der Waals surface area contributed by atoms with Crippen molar-refractivity contribution in [3.63, 3.8) is 0 Å². The highest BCUT2D eigenvalue weighted by molar-refractivity contribution is 5.34. The number of halogens is 1. The summed E-state index contributed by atoms with van der Waals surface area (Å²) in [5, 5.41) is 10.3. The largest absolute Gasteiger partial charge is 0.480 e. The average Bonchev–Trinajstić information content (AvgIpc) is 2.48. The molecule has 5 nitrogen and oxygen atoms in total. The molecule has 0 amide bonds. The number of nitrogens with zero attached hydrogens (tertiary/aromatic N) is 2. The Bertz CT molecular complexity index is 619. The molecule has 1 aromatic heterocycles. The van der Waals surface area contributed by atoms with Gasteiger partial charge in [-0.2, -0.15) is 4.98 Å². The standard InChI is InChI=1S/C14H15FN2O3/c1-8-6-9(4-5-10(8)15)13(18)12-14(20-3)17-11(19-2)7-16-12/h4-7,13,18H,1-3H3. The van der Waals surface area contributed by atoms with E-state index in [0.717, 1.165) is 0 Å². The highest BCUT2D eigenvalue weighted by Crippen LogP contribution is 2.28. The molecule has 106 valence electrons. The Morgan fingerprint density at radius 2 is 2.00 bits per heavy atom. The van der Waals surface area contributed by atoms with Crippen LogP contribution in [0.3, 0.4) is 0 Å². The summed E-state index contributed by atoms with van der Waals surface area (Å²) in [5.41, 5.74) is 1.21. The Balaban J connectivity index is 2.41. The van der Waals surface area contributed by atoms with Gasteiger partial charge in [0.1, 0.15) is 17.6 Å². The Morgan fingerprint density at radius 3 is 2.60 bits per heavy atom. The molecule has 1 heterocycles. The predicted octanol–water partition coefficient (Wildman–Crippen LogP) is 2.02. The van der Waals surface area contributed by atoms with Crippen molar-refractivity contribution in [2.45, 2.75) is 13.0 Å². The third-order valence-corrected chi connectivity index (χ3v) is 2.90. The normalized spacial score (nSPS) is 12.1.